The lowest BCUT2D eigenvalue weighted by atomic mass is 9.97. The molecule has 56 heavy (non-hydrogen) atoms. The maximum atomic E-state index is 9.30. The smallest absolute Gasteiger partial charge is 0.164 e. The van der Waals surface area contributed by atoms with Gasteiger partial charge in [-0.2, -0.15) is 5.26 Å². The number of hydrogen-bond donors (Lipinski definition) is 0. The first-order valence-corrected chi connectivity index (χ1v) is 18.2. The van der Waals surface area contributed by atoms with Crippen molar-refractivity contribution < 1.29 is 0 Å². The average molecular weight is 718 g/mol. The van der Waals surface area contributed by atoms with E-state index in [0.29, 0.717) is 40.5 Å². The van der Waals surface area contributed by atoms with E-state index < -0.39 is 0 Å². The molecular weight excluding hydrogens is 687 g/mol. The first-order valence-electron chi connectivity index (χ1n) is 18.2. The van der Waals surface area contributed by atoms with Crippen LogP contribution in [0.1, 0.15) is 5.56 Å². The predicted molar refractivity (Wildman–Crippen MR) is 221 cm³/mol. The number of nitrogens with zero attached hydrogens (tertiary/aromatic N) is 7. The third-order valence-electron chi connectivity index (χ3n) is 9.43. The van der Waals surface area contributed by atoms with E-state index in [-0.39, 0.29) is 0 Å². The fourth-order valence-electron chi connectivity index (χ4n) is 6.61. The summed E-state index contributed by atoms with van der Waals surface area (Å²) in [6.45, 7) is 0. The average Bonchev–Trinajstić information content (AvgIpc) is 3.29. The number of aromatic nitrogens is 6. The molecule has 0 saturated carbocycles. The number of rotatable bonds is 8. The second kappa shape index (κ2) is 15.2. The summed E-state index contributed by atoms with van der Waals surface area (Å²) in [5.74, 6) is 3.47. The summed E-state index contributed by atoms with van der Waals surface area (Å²) in [5, 5.41) is 9.30. The molecule has 0 amide bonds. The van der Waals surface area contributed by atoms with Crippen molar-refractivity contribution in [3.05, 3.63) is 194 Å². The fraction of sp³-hybridized carbons (Fsp3) is 0. The first-order chi connectivity index (χ1) is 27.7. The molecule has 0 N–H and O–H groups in total. The van der Waals surface area contributed by atoms with E-state index in [2.05, 4.69) is 36.4 Å². The van der Waals surface area contributed by atoms with Gasteiger partial charge in [0, 0.05) is 33.4 Å². The van der Waals surface area contributed by atoms with Gasteiger partial charge < -0.3 is 0 Å². The van der Waals surface area contributed by atoms with Crippen LogP contribution in [-0.4, -0.2) is 29.9 Å². The van der Waals surface area contributed by atoms with Crippen LogP contribution < -0.4 is 0 Å². The van der Waals surface area contributed by atoms with Gasteiger partial charge in [0.05, 0.1) is 11.6 Å². The van der Waals surface area contributed by atoms with E-state index in [4.69, 9.17) is 29.9 Å². The van der Waals surface area contributed by atoms with Crippen LogP contribution in [0.4, 0.5) is 0 Å². The summed E-state index contributed by atoms with van der Waals surface area (Å²) in [4.78, 5) is 30.0. The van der Waals surface area contributed by atoms with E-state index in [1.165, 1.54) is 0 Å². The van der Waals surface area contributed by atoms with Crippen molar-refractivity contribution in [3.8, 4) is 96.7 Å². The Kier molecular flexibility index (Phi) is 9.18. The molecule has 0 aliphatic carbocycles. The predicted octanol–water partition coefficient (Wildman–Crippen LogP) is 11.3. The van der Waals surface area contributed by atoms with Gasteiger partial charge in [-0.25, -0.2) is 29.9 Å². The largest absolute Gasteiger partial charge is 0.208 e. The Morgan fingerprint density at radius 2 is 0.625 bits per heavy atom. The SMILES string of the molecule is N#Cc1ccc(-c2cccc(-c3nc(-c4ccccc4)nc(-c4cccc(-c5ccccc5-c5nc(-c6ccccc6)nc(-c6ccccc6)n5)c4)n3)c2)cc1. The molecule has 2 aromatic heterocycles. The van der Waals surface area contributed by atoms with Crippen molar-refractivity contribution >= 4 is 0 Å². The second-order valence-corrected chi connectivity index (χ2v) is 13.1. The van der Waals surface area contributed by atoms with Crippen molar-refractivity contribution in [2.75, 3.05) is 0 Å². The monoisotopic (exact) mass is 717 g/mol. The van der Waals surface area contributed by atoms with E-state index in [9.17, 15) is 5.26 Å². The maximum Gasteiger partial charge on any atom is 0.164 e. The molecule has 0 aliphatic heterocycles. The quantitative estimate of drug-likeness (QED) is 0.154. The summed E-state index contributed by atoms with van der Waals surface area (Å²) < 4.78 is 0. The van der Waals surface area contributed by atoms with Gasteiger partial charge in [0.25, 0.3) is 0 Å². The summed E-state index contributed by atoms with van der Waals surface area (Å²) in [5.41, 5.74) is 9.83. The van der Waals surface area contributed by atoms with E-state index in [0.717, 1.165) is 55.6 Å². The number of hydrogen-bond acceptors (Lipinski definition) is 7. The Hall–Kier alpha value is -7.95. The normalized spacial score (nSPS) is 10.8. The van der Waals surface area contributed by atoms with Crippen LogP contribution in [-0.2, 0) is 0 Å². The molecule has 0 bridgehead atoms. The molecule has 0 spiro atoms. The highest BCUT2D eigenvalue weighted by Crippen LogP contribution is 2.35. The molecule has 7 nitrogen and oxygen atoms in total. The van der Waals surface area contributed by atoms with E-state index in [1.54, 1.807) is 0 Å². The Balaban J connectivity index is 1.15. The molecule has 9 rings (SSSR count). The minimum absolute atomic E-state index is 0.551. The Morgan fingerprint density at radius 1 is 0.268 bits per heavy atom. The highest BCUT2D eigenvalue weighted by molar-refractivity contribution is 5.84. The van der Waals surface area contributed by atoms with Gasteiger partial charge in [-0.15, -0.1) is 0 Å². The van der Waals surface area contributed by atoms with Gasteiger partial charge in [-0.05, 0) is 46.5 Å². The molecule has 0 atom stereocenters. The zero-order valence-electron chi connectivity index (χ0n) is 30.0. The van der Waals surface area contributed by atoms with Gasteiger partial charge in [-0.3, -0.25) is 0 Å². The van der Waals surface area contributed by atoms with Gasteiger partial charge in [0.1, 0.15) is 0 Å². The Labute approximate surface area is 324 Å². The van der Waals surface area contributed by atoms with Crippen LogP contribution in [0.5, 0.6) is 0 Å². The lowest BCUT2D eigenvalue weighted by molar-refractivity contribution is 1.07. The molecule has 262 valence electrons. The molecular formula is C49H31N7. The second-order valence-electron chi connectivity index (χ2n) is 13.1. The topological polar surface area (TPSA) is 101 Å². The van der Waals surface area contributed by atoms with Crippen molar-refractivity contribution in [2.24, 2.45) is 0 Å². The molecule has 0 radical (unpaired) electrons. The third kappa shape index (κ3) is 7.06. The lowest BCUT2D eigenvalue weighted by Crippen LogP contribution is -2.01. The number of benzene rings is 7. The van der Waals surface area contributed by atoms with Crippen molar-refractivity contribution in [3.63, 3.8) is 0 Å². The molecule has 2 heterocycles. The molecule has 7 heteroatoms. The van der Waals surface area contributed by atoms with Gasteiger partial charge >= 0.3 is 0 Å². The third-order valence-corrected chi connectivity index (χ3v) is 9.43. The summed E-state index contributed by atoms with van der Waals surface area (Å²) in [6, 6.07) is 64.2. The Morgan fingerprint density at radius 3 is 1.11 bits per heavy atom. The highest BCUT2D eigenvalue weighted by Gasteiger charge is 2.18. The van der Waals surface area contributed by atoms with Crippen molar-refractivity contribution in [1.29, 1.82) is 5.26 Å². The zero-order valence-corrected chi connectivity index (χ0v) is 30.0. The Bertz CT molecular complexity index is 2790. The molecule has 0 saturated heterocycles. The van der Waals surface area contributed by atoms with Crippen LogP contribution in [0, 0.1) is 11.3 Å². The maximum absolute atomic E-state index is 9.30. The van der Waals surface area contributed by atoms with Crippen LogP contribution in [0.3, 0.4) is 0 Å². The summed E-state index contributed by atoms with van der Waals surface area (Å²) in [7, 11) is 0. The minimum atomic E-state index is 0.551. The zero-order chi connectivity index (χ0) is 37.7. The standard InChI is InChI=1S/C49H31N7/c50-32-33-26-28-34(29-27-33)38-20-12-22-40(30-38)47-52-44(35-14-4-1-5-15-35)53-48(54-47)41-23-13-21-39(31-41)42-24-10-11-25-43(42)49-55-45(36-16-6-2-7-17-36)51-46(56-49)37-18-8-3-9-19-37/h1-31H. The molecule has 9 aromatic rings. The van der Waals surface area contributed by atoms with Crippen LogP contribution in [0.15, 0.2) is 188 Å². The van der Waals surface area contributed by atoms with Gasteiger partial charge in [0.15, 0.2) is 34.9 Å². The van der Waals surface area contributed by atoms with Crippen molar-refractivity contribution in [1.82, 2.24) is 29.9 Å². The molecule has 0 unspecified atom stereocenters. The number of nitriles is 1. The van der Waals surface area contributed by atoms with Crippen LogP contribution >= 0.6 is 0 Å². The fourth-order valence-corrected chi connectivity index (χ4v) is 6.61. The van der Waals surface area contributed by atoms with Crippen LogP contribution in [0.2, 0.25) is 0 Å². The lowest BCUT2D eigenvalue weighted by Gasteiger charge is -2.13. The molecule has 7 aromatic carbocycles. The first kappa shape index (κ1) is 33.9. The van der Waals surface area contributed by atoms with E-state index in [1.807, 2.05) is 158 Å². The highest BCUT2D eigenvalue weighted by atomic mass is 15.0. The van der Waals surface area contributed by atoms with Gasteiger partial charge in [-0.1, -0.05) is 164 Å². The summed E-state index contributed by atoms with van der Waals surface area (Å²) in [6.07, 6.45) is 0. The van der Waals surface area contributed by atoms with E-state index >= 15 is 0 Å². The summed E-state index contributed by atoms with van der Waals surface area (Å²) >= 11 is 0. The van der Waals surface area contributed by atoms with Crippen molar-refractivity contribution in [2.45, 2.75) is 0 Å². The van der Waals surface area contributed by atoms with Gasteiger partial charge in [0.2, 0.25) is 0 Å². The van der Waals surface area contributed by atoms with Crippen LogP contribution in [0.25, 0.3) is 90.6 Å². The molecule has 0 fully saturated rings. The minimum Gasteiger partial charge on any atom is -0.208 e. The molecule has 0 aliphatic rings.